The van der Waals surface area contributed by atoms with Crippen molar-refractivity contribution in [3.8, 4) is 0 Å². The lowest BCUT2D eigenvalue weighted by Gasteiger charge is -2.25. The summed E-state index contributed by atoms with van der Waals surface area (Å²) < 4.78 is 27.4. The van der Waals surface area contributed by atoms with Crippen LogP contribution in [0, 0.1) is 0 Å². The zero-order valence-electron chi connectivity index (χ0n) is 11.5. The Bertz CT molecular complexity index is 332. The summed E-state index contributed by atoms with van der Waals surface area (Å²) in [6.45, 7) is 6.53. The average Bonchev–Trinajstić information content (AvgIpc) is 2.29. The van der Waals surface area contributed by atoms with E-state index in [2.05, 4.69) is 13.8 Å². The molecule has 1 aromatic carbocycles. The van der Waals surface area contributed by atoms with Crippen molar-refractivity contribution in [2.45, 2.75) is 51.4 Å². The molecule has 0 aromatic heterocycles. The molecule has 0 atom stereocenters. The van der Waals surface area contributed by atoms with Gasteiger partial charge >= 0.3 is 0 Å². The van der Waals surface area contributed by atoms with E-state index in [4.69, 9.17) is 5.73 Å². The van der Waals surface area contributed by atoms with E-state index in [1.54, 1.807) is 31.2 Å². The average molecular weight is 255 g/mol. The molecule has 1 rings (SSSR count). The van der Waals surface area contributed by atoms with Crippen LogP contribution in [0.25, 0.3) is 0 Å². The summed E-state index contributed by atoms with van der Waals surface area (Å²) in [5.74, 6) is -2.72. The highest BCUT2D eigenvalue weighted by Crippen LogP contribution is 2.34. The second-order valence-corrected chi connectivity index (χ2v) is 5.45. The van der Waals surface area contributed by atoms with Gasteiger partial charge in [-0.3, -0.25) is 0 Å². The molecule has 0 aliphatic carbocycles. The lowest BCUT2D eigenvalue weighted by Crippen LogP contribution is -2.22. The van der Waals surface area contributed by atoms with E-state index < -0.39 is 5.92 Å². The van der Waals surface area contributed by atoms with Crippen LogP contribution in [0.4, 0.5) is 8.78 Å². The zero-order chi connectivity index (χ0) is 13.8. The van der Waals surface area contributed by atoms with Gasteiger partial charge in [0.1, 0.15) is 0 Å². The van der Waals surface area contributed by atoms with Crippen LogP contribution in [-0.2, 0) is 11.3 Å². The number of halogens is 2. The molecule has 0 saturated heterocycles. The van der Waals surface area contributed by atoms with E-state index in [-0.39, 0.29) is 17.4 Å². The first-order chi connectivity index (χ1) is 8.33. The van der Waals surface area contributed by atoms with Gasteiger partial charge in [0, 0.05) is 12.0 Å². The Morgan fingerprint density at radius 3 is 1.94 bits per heavy atom. The minimum atomic E-state index is -2.72. The van der Waals surface area contributed by atoms with Crippen molar-refractivity contribution >= 4 is 0 Å². The first-order valence-electron chi connectivity index (χ1n) is 6.52. The Labute approximate surface area is 108 Å². The molecule has 102 valence electrons. The largest absolute Gasteiger partial charge is 0.330 e. The Balaban J connectivity index is 2.92. The Morgan fingerprint density at radius 2 is 1.50 bits per heavy atom. The highest BCUT2D eigenvalue weighted by Gasteiger charge is 2.30. The van der Waals surface area contributed by atoms with Gasteiger partial charge in [-0.1, -0.05) is 51.5 Å². The summed E-state index contributed by atoms with van der Waals surface area (Å²) >= 11 is 0. The summed E-state index contributed by atoms with van der Waals surface area (Å²) in [4.78, 5) is 0. The molecular weight excluding hydrogens is 232 g/mol. The number of rotatable bonds is 6. The topological polar surface area (TPSA) is 26.0 Å². The van der Waals surface area contributed by atoms with Gasteiger partial charge in [-0.15, -0.1) is 0 Å². The molecular formula is C15H23F2N. The fraction of sp³-hybridized carbons (Fsp3) is 0.600. The molecule has 1 nitrogen and oxygen atoms in total. The number of nitrogens with two attached hydrogens (primary N) is 1. The molecule has 2 N–H and O–H groups in total. The second kappa shape index (κ2) is 5.79. The smallest absolute Gasteiger partial charge is 0.273 e. The van der Waals surface area contributed by atoms with Crippen molar-refractivity contribution in [1.29, 1.82) is 0 Å². The first-order valence-corrected chi connectivity index (χ1v) is 6.52. The summed E-state index contributed by atoms with van der Waals surface area (Å²) in [5.41, 5.74) is 6.68. The molecule has 1 aromatic rings. The lowest BCUT2D eigenvalue weighted by molar-refractivity contribution is -0.0140. The van der Waals surface area contributed by atoms with Gasteiger partial charge in [0.05, 0.1) is 0 Å². The van der Waals surface area contributed by atoms with E-state index in [0.29, 0.717) is 13.0 Å². The molecule has 0 heterocycles. The van der Waals surface area contributed by atoms with E-state index in [0.717, 1.165) is 12.0 Å². The third kappa shape index (κ3) is 3.52. The van der Waals surface area contributed by atoms with Crippen molar-refractivity contribution in [3.05, 3.63) is 35.4 Å². The minimum Gasteiger partial charge on any atom is -0.330 e. The Morgan fingerprint density at radius 1 is 1.00 bits per heavy atom. The Hall–Kier alpha value is -0.960. The standard InChI is InChI=1S/C15H23F2N/c1-4-9-15(16,17)13-7-5-12(6-8-13)14(2,3)10-11-18/h5-8H,4,9-11,18H2,1-3H3. The number of benzene rings is 1. The van der Waals surface area contributed by atoms with Gasteiger partial charge in [-0.2, -0.15) is 0 Å². The van der Waals surface area contributed by atoms with E-state index >= 15 is 0 Å². The van der Waals surface area contributed by atoms with Crippen LogP contribution < -0.4 is 5.73 Å². The normalized spacial score (nSPS) is 12.8. The van der Waals surface area contributed by atoms with Crippen LogP contribution in [-0.4, -0.2) is 6.54 Å². The van der Waals surface area contributed by atoms with Gasteiger partial charge < -0.3 is 5.73 Å². The number of hydrogen-bond donors (Lipinski definition) is 1. The van der Waals surface area contributed by atoms with Gasteiger partial charge in [-0.25, -0.2) is 8.78 Å². The van der Waals surface area contributed by atoms with Gasteiger partial charge in [0.15, 0.2) is 0 Å². The third-order valence-corrected chi connectivity index (χ3v) is 3.42. The quantitative estimate of drug-likeness (QED) is 0.809. The predicted octanol–water partition coefficient (Wildman–Crippen LogP) is 4.20. The van der Waals surface area contributed by atoms with Gasteiger partial charge in [0.25, 0.3) is 5.92 Å². The van der Waals surface area contributed by atoms with Crippen molar-refractivity contribution < 1.29 is 8.78 Å². The fourth-order valence-electron chi connectivity index (χ4n) is 2.13. The first kappa shape index (κ1) is 15.1. The summed E-state index contributed by atoms with van der Waals surface area (Å²) in [7, 11) is 0. The molecule has 0 amide bonds. The van der Waals surface area contributed by atoms with Gasteiger partial charge in [0.2, 0.25) is 0 Å². The molecule has 3 heteroatoms. The maximum absolute atomic E-state index is 13.7. The van der Waals surface area contributed by atoms with Crippen LogP contribution in [0.3, 0.4) is 0 Å². The molecule has 18 heavy (non-hydrogen) atoms. The van der Waals surface area contributed by atoms with Crippen molar-refractivity contribution in [2.75, 3.05) is 6.54 Å². The van der Waals surface area contributed by atoms with Crippen LogP contribution in [0.15, 0.2) is 24.3 Å². The summed E-state index contributed by atoms with van der Waals surface area (Å²) in [5, 5.41) is 0. The van der Waals surface area contributed by atoms with Crippen LogP contribution >= 0.6 is 0 Å². The van der Waals surface area contributed by atoms with E-state index in [9.17, 15) is 8.78 Å². The monoisotopic (exact) mass is 255 g/mol. The summed E-state index contributed by atoms with van der Waals surface area (Å²) in [6, 6.07) is 6.69. The second-order valence-electron chi connectivity index (χ2n) is 5.45. The molecule has 0 fully saturated rings. The zero-order valence-corrected chi connectivity index (χ0v) is 11.5. The third-order valence-electron chi connectivity index (χ3n) is 3.42. The highest BCUT2D eigenvalue weighted by atomic mass is 19.3. The summed E-state index contributed by atoms with van der Waals surface area (Å²) in [6.07, 6.45) is 1.23. The van der Waals surface area contributed by atoms with Gasteiger partial charge in [-0.05, 0) is 23.9 Å². The highest BCUT2D eigenvalue weighted by molar-refractivity contribution is 5.30. The van der Waals surface area contributed by atoms with Crippen molar-refractivity contribution in [1.82, 2.24) is 0 Å². The minimum absolute atomic E-state index is 0.0622. The van der Waals surface area contributed by atoms with E-state index in [1.807, 2.05) is 0 Å². The predicted molar refractivity (Wildman–Crippen MR) is 71.9 cm³/mol. The number of hydrogen-bond acceptors (Lipinski definition) is 1. The maximum Gasteiger partial charge on any atom is 0.273 e. The SMILES string of the molecule is CCCC(F)(F)c1ccc(C(C)(C)CCN)cc1. The van der Waals surface area contributed by atoms with Crippen LogP contribution in [0.1, 0.15) is 51.2 Å². The molecule has 0 aliphatic heterocycles. The fourth-order valence-corrected chi connectivity index (χ4v) is 2.13. The van der Waals surface area contributed by atoms with E-state index in [1.165, 1.54) is 0 Å². The maximum atomic E-state index is 13.7. The molecule has 0 unspecified atom stereocenters. The number of alkyl halides is 2. The molecule has 0 bridgehead atoms. The van der Waals surface area contributed by atoms with Crippen molar-refractivity contribution in [2.24, 2.45) is 5.73 Å². The Kier molecular flexibility index (Phi) is 4.85. The van der Waals surface area contributed by atoms with Crippen molar-refractivity contribution in [3.63, 3.8) is 0 Å². The molecule has 0 spiro atoms. The molecule has 0 saturated carbocycles. The molecule has 0 aliphatic rings. The van der Waals surface area contributed by atoms with Crippen LogP contribution in [0.5, 0.6) is 0 Å². The lowest BCUT2D eigenvalue weighted by atomic mass is 9.81. The van der Waals surface area contributed by atoms with Crippen LogP contribution in [0.2, 0.25) is 0 Å². The molecule has 0 radical (unpaired) electrons.